The quantitative estimate of drug-likeness (QED) is 0.555. The first-order chi connectivity index (χ1) is 15.3. The number of nitrogens with two attached hydrogens (primary N) is 1. The summed E-state index contributed by atoms with van der Waals surface area (Å²) >= 11 is 0. The Kier molecular flexibility index (Phi) is 5.83. The van der Waals surface area contributed by atoms with Gasteiger partial charge in [0.15, 0.2) is 17.3 Å². The van der Waals surface area contributed by atoms with Crippen LogP contribution in [0.25, 0.3) is 0 Å². The van der Waals surface area contributed by atoms with E-state index in [1.54, 1.807) is 11.9 Å². The maximum Gasteiger partial charge on any atom is 0.332 e. The van der Waals surface area contributed by atoms with Crippen LogP contribution in [0.3, 0.4) is 0 Å². The molecule has 32 heavy (non-hydrogen) atoms. The lowest BCUT2D eigenvalue weighted by molar-refractivity contribution is 0.0941. The molecule has 4 rings (SSSR count). The van der Waals surface area contributed by atoms with Crippen LogP contribution in [0.4, 0.5) is 5.82 Å². The minimum absolute atomic E-state index is 0.0442. The Morgan fingerprint density at radius 2 is 1.78 bits per heavy atom. The number of aromatic nitrogens is 2. The molecule has 0 unspecified atom stereocenters. The number of Topliss-reactive ketones (excluding diaryl/α,β-unsaturated/α-hetero) is 1. The standard InChI is InChI=1S/C23H24N4O5/c1-25(11-16-8-9-18-19(10-16)32-14-31-18)13-17(28)20-21(24)27(23(30)26(2)22(20)29)12-15-6-4-3-5-7-15/h3-10H,11-14,24H2,1-2H3. The summed E-state index contributed by atoms with van der Waals surface area (Å²) in [6.45, 7) is 0.755. The number of ether oxygens (including phenoxy) is 2. The van der Waals surface area contributed by atoms with Gasteiger partial charge < -0.3 is 15.2 Å². The highest BCUT2D eigenvalue weighted by atomic mass is 16.7. The Hall–Kier alpha value is -3.85. The lowest BCUT2D eigenvalue weighted by Gasteiger charge is -2.18. The van der Waals surface area contributed by atoms with Crippen molar-refractivity contribution >= 4 is 11.6 Å². The minimum Gasteiger partial charge on any atom is -0.454 e. The molecule has 0 radical (unpaired) electrons. The molecule has 0 amide bonds. The van der Waals surface area contributed by atoms with Crippen LogP contribution in [-0.2, 0) is 20.1 Å². The van der Waals surface area contributed by atoms with Crippen molar-refractivity contribution in [1.29, 1.82) is 0 Å². The molecule has 2 heterocycles. The summed E-state index contributed by atoms with van der Waals surface area (Å²) in [7, 11) is 3.11. The number of nitrogen functional groups attached to an aromatic ring is 1. The number of rotatable bonds is 7. The van der Waals surface area contributed by atoms with Crippen molar-refractivity contribution in [2.75, 3.05) is 26.1 Å². The number of likely N-dealkylation sites (N-methyl/N-ethyl adjacent to an activating group) is 1. The molecule has 0 saturated carbocycles. The number of ketones is 1. The van der Waals surface area contributed by atoms with E-state index in [0.29, 0.717) is 18.0 Å². The normalized spacial score (nSPS) is 12.3. The van der Waals surface area contributed by atoms with E-state index in [1.807, 2.05) is 48.5 Å². The molecule has 2 aromatic carbocycles. The van der Waals surface area contributed by atoms with Gasteiger partial charge in [0.25, 0.3) is 5.56 Å². The molecule has 9 heteroatoms. The number of fused-ring (bicyclic) bond motifs is 1. The van der Waals surface area contributed by atoms with Crippen LogP contribution >= 0.6 is 0 Å². The SMILES string of the molecule is CN(CC(=O)c1c(N)n(Cc2ccccc2)c(=O)n(C)c1=O)Cc1ccc2c(c1)OCO2. The average Bonchev–Trinajstić information content (AvgIpc) is 3.24. The third-order valence-corrected chi connectivity index (χ3v) is 5.35. The van der Waals surface area contributed by atoms with Gasteiger partial charge in [-0.1, -0.05) is 36.4 Å². The molecule has 0 bridgehead atoms. The van der Waals surface area contributed by atoms with Crippen LogP contribution < -0.4 is 26.5 Å². The highest BCUT2D eigenvalue weighted by molar-refractivity contribution is 6.01. The van der Waals surface area contributed by atoms with E-state index >= 15 is 0 Å². The van der Waals surface area contributed by atoms with Crippen molar-refractivity contribution < 1.29 is 14.3 Å². The van der Waals surface area contributed by atoms with Crippen LogP contribution in [0.5, 0.6) is 11.5 Å². The number of carbonyl (C=O) groups excluding carboxylic acids is 1. The van der Waals surface area contributed by atoms with Crippen molar-refractivity contribution in [3.8, 4) is 11.5 Å². The molecule has 9 nitrogen and oxygen atoms in total. The van der Waals surface area contributed by atoms with Gasteiger partial charge in [0, 0.05) is 13.6 Å². The number of nitrogens with zero attached hydrogens (tertiary/aromatic N) is 3. The lowest BCUT2D eigenvalue weighted by atomic mass is 10.1. The Bertz CT molecular complexity index is 1280. The molecule has 0 spiro atoms. The average molecular weight is 436 g/mol. The first kappa shape index (κ1) is 21.4. The summed E-state index contributed by atoms with van der Waals surface area (Å²) < 4.78 is 12.9. The van der Waals surface area contributed by atoms with Gasteiger partial charge >= 0.3 is 5.69 Å². The van der Waals surface area contributed by atoms with Crippen LogP contribution in [0.15, 0.2) is 58.1 Å². The second kappa shape index (κ2) is 8.72. The van der Waals surface area contributed by atoms with Gasteiger partial charge in [0.05, 0.1) is 13.1 Å². The number of anilines is 1. The summed E-state index contributed by atoms with van der Waals surface area (Å²) in [4.78, 5) is 40.2. The molecule has 1 aliphatic heterocycles. The Labute approximate surface area is 184 Å². The maximum absolute atomic E-state index is 13.0. The Balaban J connectivity index is 1.57. The van der Waals surface area contributed by atoms with Crippen LogP contribution in [0, 0.1) is 0 Å². The number of carbonyl (C=O) groups is 1. The van der Waals surface area contributed by atoms with Crippen molar-refractivity contribution in [1.82, 2.24) is 14.0 Å². The summed E-state index contributed by atoms with van der Waals surface area (Å²) in [6, 6.07) is 14.8. The van der Waals surface area contributed by atoms with Gasteiger partial charge in [-0.3, -0.25) is 23.6 Å². The molecule has 1 aliphatic rings. The molecule has 0 saturated heterocycles. The van der Waals surface area contributed by atoms with Gasteiger partial charge in [-0.25, -0.2) is 4.79 Å². The zero-order chi connectivity index (χ0) is 22.8. The van der Waals surface area contributed by atoms with E-state index in [9.17, 15) is 14.4 Å². The summed E-state index contributed by atoms with van der Waals surface area (Å²) in [5.41, 5.74) is 6.49. The smallest absolute Gasteiger partial charge is 0.332 e. The topological polar surface area (TPSA) is 109 Å². The second-order valence-electron chi connectivity index (χ2n) is 7.76. The highest BCUT2D eigenvalue weighted by Crippen LogP contribution is 2.32. The first-order valence-corrected chi connectivity index (χ1v) is 10.1. The van der Waals surface area contributed by atoms with E-state index in [-0.39, 0.29) is 31.3 Å². The summed E-state index contributed by atoms with van der Waals surface area (Å²) in [6.07, 6.45) is 0. The van der Waals surface area contributed by atoms with Crippen molar-refractivity contribution in [2.45, 2.75) is 13.1 Å². The molecular weight excluding hydrogens is 412 g/mol. The Morgan fingerprint density at radius 3 is 2.53 bits per heavy atom. The first-order valence-electron chi connectivity index (χ1n) is 10.1. The second-order valence-corrected chi connectivity index (χ2v) is 7.76. The van der Waals surface area contributed by atoms with E-state index in [1.165, 1.54) is 11.6 Å². The number of benzene rings is 2. The summed E-state index contributed by atoms with van der Waals surface area (Å²) in [5.74, 6) is 0.773. The van der Waals surface area contributed by atoms with Gasteiger partial charge in [-0.05, 0) is 30.3 Å². The van der Waals surface area contributed by atoms with E-state index in [4.69, 9.17) is 15.2 Å². The Morgan fingerprint density at radius 1 is 1.06 bits per heavy atom. The molecular formula is C23H24N4O5. The van der Waals surface area contributed by atoms with E-state index in [0.717, 1.165) is 15.7 Å². The van der Waals surface area contributed by atoms with E-state index < -0.39 is 17.0 Å². The lowest BCUT2D eigenvalue weighted by Crippen LogP contribution is -2.44. The zero-order valence-electron chi connectivity index (χ0n) is 17.9. The van der Waals surface area contributed by atoms with Crippen molar-refractivity contribution in [3.63, 3.8) is 0 Å². The molecule has 1 aromatic heterocycles. The van der Waals surface area contributed by atoms with Gasteiger partial charge in [-0.15, -0.1) is 0 Å². The molecule has 0 aliphatic carbocycles. The molecule has 0 fully saturated rings. The zero-order valence-corrected chi connectivity index (χ0v) is 17.9. The molecule has 2 N–H and O–H groups in total. The number of hydrogen-bond acceptors (Lipinski definition) is 7. The van der Waals surface area contributed by atoms with Crippen LogP contribution in [0.2, 0.25) is 0 Å². The third-order valence-electron chi connectivity index (χ3n) is 5.35. The molecule has 0 atom stereocenters. The van der Waals surface area contributed by atoms with Gasteiger partial charge in [0.1, 0.15) is 11.4 Å². The largest absolute Gasteiger partial charge is 0.454 e. The van der Waals surface area contributed by atoms with Gasteiger partial charge in [-0.2, -0.15) is 0 Å². The monoisotopic (exact) mass is 436 g/mol. The van der Waals surface area contributed by atoms with E-state index in [2.05, 4.69) is 0 Å². The predicted molar refractivity (Wildman–Crippen MR) is 119 cm³/mol. The fourth-order valence-electron chi connectivity index (χ4n) is 3.70. The molecule has 3 aromatic rings. The molecule has 166 valence electrons. The summed E-state index contributed by atoms with van der Waals surface area (Å²) in [5, 5.41) is 0. The fourth-order valence-corrected chi connectivity index (χ4v) is 3.70. The van der Waals surface area contributed by atoms with Crippen molar-refractivity contribution in [3.05, 3.63) is 86.1 Å². The third kappa shape index (κ3) is 4.15. The van der Waals surface area contributed by atoms with Crippen molar-refractivity contribution in [2.24, 2.45) is 7.05 Å². The van der Waals surface area contributed by atoms with Crippen LogP contribution in [0.1, 0.15) is 21.5 Å². The number of hydrogen-bond donors (Lipinski definition) is 1. The van der Waals surface area contributed by atoms with Crippen LogP contribution in [-0.4, -0.2) is 40.2 Å². The highest BCUT2D eigenvalue weighted by Gasteiger charge is 2.23. The predicted octanol–water partition coefficient (Wildman–Crippen LogP) is 1.22. The maximum atomic E-state index is 13.0. The minimum atomic E-state index is -0.696. The fraction of sp³-hybridized carbons (Fsp3) is 0.261. The van der Waals surface area contributed by atoms with Gasteiger partial charge in [0.2, 0.25) is 6.79 Å².